The molecule has 3 unspecified atom stereocenters. The Bertz CT molecular complexity index is 502. The Morgan fingerprint density at radius 3 is 2.85 bits per heavy atom. The summed E-state index contributed by atoms with van der Waals surface area (Å²) in [5.41, 5.74) is 2.78. The molecule has 3 rings (SSSR count). The minimum absolute atomic E-state index is 0.222. The number of rotatable bonds is 2. The number of β-amino-alcohol motifs (C(OH)–C–C–N with tert-alkyl or cyclic N) is 1. The first-order valence-corrected chi connectivity index (χ1v) is 7.27. The number of benzene rings is 1. The standard InChI is InChI=1S/C16H21NO3/c1-20-16(19)15-9-14(18)10-17(15)13-7-6-11-4-2-3-5-12(11)8-13/h2-5,13-15,18H,6-10H2,1H3. The Morgan fingerprint density at radius 1 is 1.35 bits per heavy atom. The van der Waals surface area contributed by atoms with Crippen molar-refractivity contribution in [1.82, 2.24) is 4.90 Å². The van der Waals surface area contributed by atoms with Gasteiger partial charge in [-0.15, -0.1) is 0 Å². The lowest BCUT2D eigenvalue weighted by molar-refractivity contribution is -0.146. The molecule has 1 saturated heterocycles. The fourth-order valence-corrected chi connectivity index (χ4v) is 3.57. The molecule has 1 fully saturated rings. The predicted octanol–water partition coefficient (Wildman–Crippen LogP) is 1.15. The molecule has 1 aliphatic carbocycles. The molecular weight excluding hydrogens is 254 g/mol. The van der Waals surface area contributed by atoms with Crippen molar-refractivity contribution in [2.45, 2.75) is 43.9 Å². The van der Waals surface area contributed by atoms with Gasteiger partial charge in [0.2, 0.25) is 0 Å². The van der Waals surface area contributed by atoms with Gasteiger partial charge in [0.1, 0.15) is 6.04 Å². The second-order valence-corrected chi connectivity index (χ2v) is 5.79. The van der Waals surface area contributed by atoms with Crippen LogP contribution in [-0.4, -0.2) is 47.8 Å². The van der Waals surface area contributed by atoms with E-state index in [1.165, 1.54) is 18.2 Å². The van der Waals surface area contributed by atoms with E-state index in [1.54, 1.807) is 0 Å². The van der Waals surface area contributed by atoms with E-state index >= 15 is 0 Å². The summed E-state index contributed by atoms with van der Waals surface area (Å²) in [5, 5.41) is 9.89. The van der Waals surface area contributed by atoms with Gasteiger partial charge in [-0.25, -0.2) is 0 Å². The highest BCUT2D eigenvalue weighted by Crippen LogP contribution is 2.30. The summed E-state index contributed by atoms with van der Waals surface area (Å²) < 4.78 is 4.88. The van der Waals surface area contributed by atoms with Gasteiger partial charge in [-0.3, -0.25) is 9.69 Å². The molecule has 0 spiro atoms. The molecule has 4 heteroatoms. The van der Waals surface area contributed by atoms with E-state index in [-0.39, 0.29) is 12.0 Å². The van der Waals surface area contributed by atoms with Gasteiger partial charge in [0.25, 0.3) is 0 Å². The van der Waals surface area contributed by atoms with Gasteiger partial charge in [-0.2, -0.15) is 0 Å². The summed E-state index contributed by atoms with van der Waals surface area (Å²) in [6.07, 6.45) is 3.11. The number of ether oxygens (including phenoxy) is 1. The Labute approximate surface area is 119 Å². The zero-order valence-electron chi connectivity index (χ0n) is 11.8. The smallest absolute Gasteiger partial charge is 0.323 e. The molecule has 2 aliphatic rings. The largest absolute Gasteiger partial charge is 0.468 e. The third-order valence-electron chi connectivity index (χ3n) is 4.58. The van der Waals surface area contributed by atoms with Crippen LogP contribution in [0.25, 0.3) is 0 Å². The number of aryl methyl sites for hydroxylation is 1. The number of hydrogen-bond acceptors (Lipinski definition) is 4. The summed E-state index contributed by atoms with van der Waals surface area (Å²) in [6.45, 7) is 0.576. The van der Waals surface area contributed by atoms with Gasteiger partial charge >= 0.3 is 5.97 Å². The second-order valence-electron chi connectivity index (χ2n) is 5.79. The predicted molar refractivity (Wildman–Crippen MR) is 75.4 cm³/mol. The second kappa shape index (κ2) is 5.54. The molecule has 0 amide bonds. The van der Waals surface area contributed by atoms with Gasteiger partial charge in [0, 0.05) is 19.0 Å². The highest BCUT2D eigenvalue weighted by molar-refractivity contribution is 5.76. The van der Waals surface area contributed by atoms with Crippen molar-refractivity contribution in [1.29, 1.82) is 0 Å². The molecule has 1 aromatic rings. The molecule has 108 valence electrons. The van der Waals surface area contributed by atoms with Crippen molar-refractivity contribution < 1.29 is 14.6 Å². The summed E-state index contributed by atoms with van der Waals surface area (Å²) in [7, 11) is 1.42. The lowest BCUT2D eigenvalue weighted by atomic mass is 9.87. The monoisotopic (exact) mass is 275 g/mol. The molecule has 1 aromatic carbocycles. The molecule has 4 nitrogen and oxygen atoms in total. The summed E-state index contributed by atoms with van der Waals surface area (Å²) >= 11 is 0. The van der Waals surface area contributed by atoms with Crippen LogP contribution in [0.3, 0.4) is 0 Å². The van der Waals surface area contributed by atoms with Gasteiger partial charge < -0.3 is 9.84 Å². The number of aliphatic hydroxyl groups is 1. The average molecular weight is 275 g/mol. The molecule has 0 bridgehead atoms. The van der Waals surface area contributed by atoms with Crippen LogP contribution in [0, 0.1) is 0 Å². The first-order chi connectivity index (χ1) is 9.69. The van der Waals surface area contributed by atoms with Crippen molar-refractivity contribution in [3.63, 3.8) is 0 Å². The zero-order valence-corrected chi connectivity index (χ0v) is 11.8. The number of carbonyl (C=O) groups excluding carboxylic acids is 1. The Morgan fingerprint density at radius 2 is 2.10 bits per heavy atom. The fourth-order valence-electron chi connectivity index (χ4n) is 3.57. The van der Waals surface area contributed by atoms with E-state index in [4.69, 9.17) is 4.74 Å². The lowest BCUT2D eigenvalue weighted by Gasteiger charge is -2.35. The highest BCUT2D eigenvalue weighted by atomic mass is 16.5. The van der Waals surface area contributed by atoms with Crippen LogP contribution < -0.4 is 0 Å². The SMILES string of the molecule is COC(=O)C1CC(O)CN1C1CCc2ccccc2C1. The average Bonchev–Trinajstić information content (AvgIpc) is 2.88. The van der Waals surface area contributed by atoms with Gasteiger partial charge in [0.15, 0.2) is 0 Å². The van der Waals surface area contributed by atoms with Gasteiger partial charge in [-0.1, -0.05) is 24.3 Å². The first-order valence-electron chi connectivity index (χ1n) is 7.27. The number of hydrogen-bond donors (Lipinski definition) is 1. The molecule has 1 aliphatic heterocycles. The highest BCUT2D eigenvalue weighted by Gasteiger charge is 2.41. The van der Waals surface area contributed by atoms with E-state index in [0.29, 0.717) is 19.0 Å². The minimum Gasteiger partial charge on any atom is -0.468 e. The number of likely N-dealkylation sites (tertiary alicyclic amines) is 1. The van der Waals surface area contributed by atoms with Crippen molar-refractivity contribution in [2.75, 3.05) is 13.7 Å². The van der Waals surface area contributed by atoms with Crippen LogP contribution >= 0.6 is 0 Å². The fraction of sp³-hybridized carbons (Fsp3) is 0.562. The quantitative estimate of drug-likeness (QED) is 0.823. The van der Waals surface area contributed by atoms with Crippen molar-refractivity contribution in [3.8, 4) is 0 Å². The number of fused-ring (bicyclic) bond motifs is 1. The normalized spacial score (nSPS) is 30.0. The Hall–Kier alpha value is -1.39. The molecule has 20 heavy (non-hydrogen) atoms. The third-order valence-corrected chi connectivity index (χ3v) is 4.58. The van der Waals surface area contributed by atoms with Crippen LogP contribution in [0.15, 0.2) is 24.3 Å². The van der Waals surface area contributed by atoms with E-state index in [2.05, 4.69) is 29.2 Å². The Kier molecular flexibility index (Phi) is 3.76. The van der Waals surface area contributed by atoms with Gasteiger partial charge in [0.05, 0.1) is 13.2 Å². The maximum absolute atomic E-state index is 11.9. The van der Waals surface area contributed by atoms with Crippen molar-refractivity contribution >= 4 is 5.97 Å². The molecule has 0 saturated carbocycles. The maximum atomic E-state index is 11.9. The lowest BCUT2D eigenvalue weighted by Crippen LogP contribution is -2.46. The topological polar surface area (TPSA) is 49.8 Å². The van der Waals surface area contributed by atoms with Crippen LogP contribution in [0.4, 0.5) is 0 Å². The molecule has 3 atom stereocenters. The van der Waals surface area contributed by atoms with Crippen molar-refractivity contribution in [3.05, 3.63) is 35.4 Å². The van der Waals surface area contributed by atoms with Crippen LogP contribution in [0.1, 0.15) is 24.0 Å². The number of nitrogens with zero attached hydrogens (tertiary/aromatic N) is 1. The molecule has 0 radical (unpaired) electrons. The number of carbonyl (C=O) groups is 1. The van der Waals surface area contributed by atoms with Crippen molar-refractivity contribution in [2.24, 2.45) is 0 Å². The van der Waals surface area contributed by atoms with E-state index < -0.39 is 6.10 Å². The number of aliphatic hydroxyl groups excluding tert-OH is 1. The zero-order chi connectivity index (χ0) is 14.1. The summed E-state index contributed by atoms with van der Waals surface area (Å²) in [5.74, 6) is -0.222. The van der Waals surface area contributed by atoms with Crippen LogP contribution in [0.5, 0.6) is 0 Å². The number of esters is 1. The third kappa shape index (κ3) is 2.45. The molecule has 0 aromatic heterocycles. The summed E-state index contributed by atoms with van der Waals surface area (Å²) in [4.78, 5) is 14.0. The van der Waals surface area contributed by atoms with E-state index in [0.717, 1.165) is 19.3 Å². The van der Waals surface area contributed by atoms with Crippen LogP contribution in [0.2, 0.25) is 0 Å². The minimum atomic E-state index is -0.420. The molecular formula is C16H21NO3. The Balaban J connectivity index is 1.78. The summed E-state index contributed by atoms with van der Waals surface area (Å²) in [6, 6.07) is 8.54. The van der Waals surface area contributed by atoms with E-state index in [1.807, 2.05) is 0 Å². The number of methoxy groups -OCH3 is 1. The van der Waals surface area contributed by atoms with E-state index in [9.17, 15) is 9.90 Å². The first kappa shape index (κ1) is 13.6. The molecule has 1 N–H and O–H groups in total. The molecule has 1 heterocycles. The van der Waals surface area contributed by atoms with Gasteiger partial charge in [-0.05, 0) is 30.4 Å². The maximum Gasteiger partial charge on any atom is 0.323 e. The van der Waals surface area contributed by atoms with Crippen LogP contribution in [-0.2, 0) is 22.4 Å².